The molecule has 99 valence electrons. The summed E-state index contributed by atoms with van der Waals surface area (Å²) in [4.78, 5) is 20.6. The zero-order chi connectivity index (χ0) is 12.8. The van der Waals surface area contributed by atoms with E-state index in [1.165, 1.54) is 64.1 Å². The summed E-state index contributed by atoms with van der Waals surface area (Å²) in [6.07, 6.45) is 15.7. The third kappa shape index (κ3) is 13.3. The lowest BCUT2D eigenvalue weighted by Gasteiger charge is -2.01. The van der Waals surface area contributed by atoms with E-state index in [1.54, 1.807) is 0 Å². The predicted molar refractivity (Wildman–Crippen MR) is 71.8 cm³/mol. The molecular weight excluding hydrogens is 212 g/mol. The third-order valence-corrected chi connectivity index (χ3v) is 3.12. The average molecular weight is 239 g/mol. The van der Waals surface area contributed by atoms with Gasteiger partial charge < -0.3 is 0 Å². The molecule has 0 aliphatic rings. The number of carbonyl (C=O) groups is 1. The van der Waals surface area contributed by atoms with Gasteiger partial charge in [-0.25, -0.2) is 0 Å². The van der Waals surface area contributed by atoms with Crippen molar-refractivity contribution in [1.82, 2.24) is 0 Å². The summed E-state index contributed by atoms with van der Waals surface area (Å²) in [5.74, 6) is -0.374. The predicted octanol–water partition coefficient (Wildman–Crippen LogP) is 4.37. The van der Waals surface area contributed by atoms with Gasteiger partial charge in [-0.3, -0.25) is 9.59 Å². The van der Waals surface area contributed by atoms with Crippen molar-refractivity contribution in [2.75, 3.05) is 0 Å². The number of carbonyl (C=O) groups excluding carboxylic acids is 2. The minimum atomic E-state index is -0.374. The Labute approximate surface area is 106 Å². The zero-order valence-electron chi connectivity index (χ0n) is 11.3. The molecule has 0 fully saturated rings. The maximum atomic E-state index is 10.6. The summed E-state index contributed by atoms with van der Waals surface area (Å²) in [5, 5.41) is 0. The van der Waals surface area contributed by atoms with Crippen LogP contribution in [0.3, 0.4) is 0 Å². The largest absolute Gasteiger partial charge is 0.290 e. The number of ketones is 1. The van der Waals surface area contributed by atoms with Crippen molar-refractivity contribution in [3.05, 3.63) is 0 Å². The first-order valence-corrected chi connectivity index (χ1v) is 7.22. The van der Waals surface area contributed by atoms with Gasteiger partial charge in [0, 0.05) is 6.42 Å². The molecule has 0 bridgehead atoms. The van der Waals surface area contributed by atoms with Gasteiger partial charge in [0.2, 0.25) is 5.78 Å². The van der Waals surface area contributed by atoms with E-state index in [1.807, 2.05) is 0 Å². The first kappa shape index (κ1) is 16.3. The van der Waals surface area contributed by atoms with Crippen LogP contribution in [0.15, 0.2) is 0 Å². The fourth-order valence-electron chi connectivity index (χ4n) is 2.00. The van der Waals surface area contributed by atoms with Crippen LogP contribution in [0.25, 0.3) is 0 Å². The van der Waals surface area contributed by atoms with Gasteiger partial charge in [-0.15, -0.1) is 0 Å². The molecule has 2 nitrogen and oxygen atoms in total. The summed E-state index contributed by atoms with van der Waals surface area (Å²) in [7, 11) is 0. The molecule has 0 aliphatic heterocycles. The highest BCUT2D eigenvalue weighted by Crippen LogP contribution is 2.11. The molecule has 0 amide bonds. The summed E-state index contributed by atoms with van der Waals surface area (Å²) < 4.78 is 0. The van der Waals surface area contributed by atoms with Crippen LogP contribution in [0, 0.1) is 0 Å². The second-order valence-electron chi connectivity index (χ2n) is 4.81. The normalized spacial score (nSPS) is 10.4. The summed E-state index contributed by atoms with van der Waals surface area (Å²) in [6.45, 7) is 2.24. The first-order chi connectivity index (χ1) is 8.31. The van der Waals surface area contributed by atoms with Crippen molar-refractivity contribution in [3.63, 3.8) is 0 Å². The van der Waals surface area contributed by atoms with Crippen molar-refractivity contribution < 1.29 is 9.59 Å². The van der Waals surface area contributed by atoms with Crippen molar-refractivity contribution in [2.24, 2.45) is 0 Å². The highest BCUT2D eigenvalue weighted by atomic mass is 16.2. The van der Waals surface area contributed by atoms with E-state index in [4.69, 9.17) is 0 Å². The molecule has 0 unspecified atom stereocenters. The molecule has 0 aromatic rings. The minimum Gasteiger partial charge on any atom is -0.290 e. The van der Waals surface area contributed by atoms with Crippen LogP contribution in [-0.4, -0.2) is 12.1 Å². The molecule has 1 radical (unpaired) electrons. The van der Waals surface area contributed by atoms with Gasteiger partial charge in [0.25, 0.3) is 6.29 Å². The maximum absolute atomic E-state index is 10.6. The van der Waals surface area contributed by atoms with E-state index >= 15 is 0 Å². The Bertz CT molecular complexity index is 187. The van der Waals surface area contributed by atoms with Gasteiger partial charge in [-0.05, 0) is 6.42 Å². The minimum absolute atomic E-state index is 0.374. The third-order valence-electron chi connectivity index (χ3n) is 3.12. The van der Waals surface area contributed by atoms with Gasteiger partial charge in [-0.2, -0.15) is 0 Å². The zero-order valence-corrected chi connectivity index (χ0v) is 11.3. The Kier molecular flexibility index (Phi) is 12.9. The van der Waals surface area contributed by atoms with Gasteiger partial charge in [0.05, 0.1) is 0 Å². The van der Waals surface area contributed by atoms with Crippen LogP contribution in [0.2, 0.25) is 0 Å². The molecule has 0 heterocycles. The first-order valence-electron chi connectivity index (χ1n) is 7.22. The second kappa shape index (κ2) is 13.4. The van der Waals surface area contributed by atoms with Crippen LogP contribution in [0.4, 0.5) is 0 Å². The lowest BCUT2D eigenvalue weighted by atomic mass is 10.0. The number of hydrogen-bond acceptors (Lipinski definition) is 2. The molecule has 0 aromatic heterocycles. The Morgan fingerprint density at radius 1 is 0.765 bits per heavy atom. The van der Waals surface area contributed by atoms with Gasteiger partial charge in [0.15, 0.2) is 0 Å². The van der Waals surface area contributed by atoms with E-state index < -0.39 is 0 Å². The SMILES string of the molecule is CCCCCCCCCCCCCC(=O)[C]=O. The molecule has 2 heteroatoms. The fraction of sp³-hybridized carbons (Fsp3) is 0.867. The van der Waals surface area contributed by atoms with Crippen LogP contribution in [0.5, 0.6) is 0 Å². The Morgan fingerprint density at radius 2 is 1.18 bits per heavy atom. The quantitative estimate of drug-likeness (QED) is 0.353. The smallest absolute Gasteiger partial charge is 0.272 e. The molecule has 0 N–H and O–H groups in total. The molecule has 0 rings (SSSR count). The standard InChI is InChI=1S/C15H27O2/c1-2-3-4-5-6-7-8-9-10-11-12-13-15(17)14-16/h2-13H2,1H3. The van der Waals surface area contributed by atoms with E-state index in [0.29, 0.717) is 6.42 Å². The lowest BCUT2D eigenvalue weighted by Crippen LogP contribution is -1.97. The molecular formula is C15H27O2. The Morgan fingerprint density at radius 3 is 1.59 bits per heavy atom. The number of rotatable bonds is 13. The number of unbranched alkanes of at least 4 members (excludes halogenated alkanes) is 10. The highest BCUT2D eigenvalue weighted by molar-refractivity contribution is 6.25. The molecule has 0 atom stereocenters. The summed E-state index contributed by atoms with van der Waals surface area (Å²) in [5.41, 5.74) is 0. The second-order valence-corrected chi connectivity index (χ2v) is 4.81. The monoisotopic (exact) mass is 239 g/mol. The molecule has 0 aromatic carbocycles. The Balaban J connectivity index is 2.98. The number of hydrogen-bond donors (Lipinski definition) is 0. The van der Waals surface area contributed by atoms with Crippen molar-refractivity contribution in [1.29, 1.82) is 0 Å². The molecule has 17 heavy (non-hydrogen) atoms. The maximum Gasteiger partial charge on any atom is 0.272 e. The summed E-state index contributed by atoms with van der Waals surface area (Å²) in [6, 6.07) is 0. The van der Waals surface area contributed by atoms with Crippen molar-refractivity contribution >= 4 is 12.1 Å². The van der Waals surface area contributed by atoms with Crippen molar-refractivity contribution in [3.8, 4) is 0 Å². The van der Waals surface area contributed by atoms with Gasteiger partial charge in [0.1, 0.15) is 0 Å². The molecule has 0 aliphatic carbocycles. The topological polar surface area (TPSA) is 34.1 Å². The van der Waals surface area contributed by atoms with Crippen LogP contribution in [0.1, 0.15) is 84.0 Å². The average Bonchev–Trinajstić information content (AvgIpc) is 2.35. The van der Waals surface area contributed by atoms with Crippen LogP contribution >= 0.6 is 0 Å². The van der Waals surface area contributed by atoms with Gasteiger partial charge in [-0.1, -0.05) is 71.1 Å². The van der Waals surface area contributed by atoms with Crippen molar-refractivity contribution in [2.45, 2.75) is 84.0 Å². The highest BCUT2D eigenvalue weighted by Gasteiger charge is 1.99. The van der Waals surface area contributed by atoms with E-state index in [2.05, 4.69) is 6.92 Å². The van der Waals surface area contributed by atoms with E-state index in [0.717, 1.165) is 12.8 Å². The summed E-state index contributed by atoms with van der Waals surface area (Å²) >= 11 is 0. The van der Waals surface area contributed by atoms with E-state index in [9.17, 15) is 9.59 Å². The van der Waals surface area contributed by atoms with Gasteiger partial charge >= 0.3 is 0 Å². The molecule has 0 saturated carbocycles. The molecule has 0 saturated heterocycles. The van der Waals surface area contributed by atoms with E-state index in [-0.39, 0.29) is 5.78 Å². The lowest BCUT2D eigenvalue weighted by molar-refractivity contribution is -0.113. The molecule has 0 spiro atoms. The fourth-order valence-corrected chi connectivity index (χ4v) is 2.00. The van der Waals surface area contributed by atoms with Crippen LogP contribution < -0.4 is 0 Å². The van der Waals surface area contributed by atoms with Crippen LogP contribution in [-0.2, 0) is 9.59 Å². The Hall–Kier alpha value is -0.660. The number of Topliss-reactive ketones (excluding diaryl/α,β-unsaturated/α-hetero) is 1.